The van der Waals surface area contributed by atoms with Crippen LogP contribution < -0.4 is 5.43 Å². The summed E-state index contributed by atoms with van der Waals surface area (Å²) in [6, 6.07) is 22.0. The number of sulfonamides is 2. The fourth-order valence-electron chi connectivity index (χ4n) is 4.16. The highest BCUT2D eigenvalue weighted by atomic mass is 32.2. The number of aryl methyl sites for hydroxylation is 1. The molecule has 8 nitrogen and oxygen atoms in total. The van der Waals surface area contributed by atoms with Gasteiger partial charge in [0.25, 0.3) is 5.91 Å². The van der Waals surface area contributed by atoms with Crippen LogP contribution in [-0.4, -0.2) is 56.3 Å². The molecule has 2 atom stereocenters. The number of hydrogen-bond acceptors (Lipinski definition) is 6. The molecule has 11 heteroatoms. The van der Waals surface area contributed by atoms with Crippen LogP contribution in [0.1, 0.15) is 17.5 Å². The lowest BCUT2D eigenvalue weighted by Gasteiger charge is -2.26. The second-order valence-corrected chi connectivity index (χ2v) is 13.7. The normalized spacial score (nSPS) is 18.7. The zero-order chi connectivity index (χ0) is 26.8. The molecule has 196 valence electrons. The summed E-state index contributed by atoms with van der Waals surface area (Å²) >= 11 is 4.42. The molecule has 0 aliphatic carbocycles. The average Bonchev–Trinajstić information content (AvgIpc) is 3.28. The van der Waals surface area contributed by atoms with Gasteiger partial charge in [-0.05, 0) is 42.2 Å². The zero-order valence-corrected chi connectivity index (χ0v) is 23.0. The van der Waals surface area contributed by atoms with Crippen LogP contribution in [0, 0.1) is 6.92 Å². The second-order valence-electron chi connectivity index (χ2n) is 9.06. The monoisotopic (exact) mass is 559 g/mol. The highest BCUT2D eigenvalue weighted by Crippen LogP contribution is 2.30. The first-order chi connectivity index (χ1) is 17.5. The first-order valence-electron chi connectivity index (χ1n) is 11.7. The van der Waals surface area contributed by atoms with Gasteiger partial charge in [0.05, 0.1) is 10.6 Å². The summed E-state index contributed by atoms with van der Waals surface area (Å²) < 4.78 is 54.4. The van der Waals surface area contributed by atoms with Crippen LogP contribution >= 0.6 is 12.6 Å². The third-order valence-corrected chi connectivity index (χ3v) is 10.1. The predicted molar refractivity (Wildman–Crippen MR) is 147 cm³/mol. The van der Waals surface area contributed by atoms with Gasteiger partial charge in [-0.2, -0.15) is 16.9 Å². The largest absolute Gasteiger partial charge is 0.274 e. The first kappa shape index (κ1) is 27.3. The van der Waals surface area contributed by atoms with E-state index in [-0.39, 0.29) is 28.9 Å². The van der Waals surface area contributed by atoms with Crippen LogP contribution in [0.5, 0.6) is 0 Å². The van der Waals surface area contributed by atoms with E-state index in [4.69, 9.17) is 0 Å². The van der Waals surface area contributed by atoms with Gasteiger partial charge in [0.2, 0.25) is 20.0 Å². The van der Waals surface area contributed by atoms with E-state index in [9.17, 15) is 21.6 Å². The third kappa shape index (κ3) is 6.24. The van der Waals surface area contributed by atoms with E-state index in [1.807, 2.05) is 49.4 Å². The maximum Gasteiger partial charge on any atom is 0.253 e. The Kier molecular flexibility index (Phi) is 8.10. The Balaban J connectivity index is 1.50. The van der Waals surface area contributed by atoms with Gasteiger partial charge in [0.1, 0.15) is 6.04 Å². The molecule has 0 spiro atoms. The van der Waals surface area contributed by atoms with Crippen molar-refractivity contribution in [1.82, 2.24) is 14.1 Å². The van der Waals surface area contributed by atoms with Crippen molar-refractivity contribution in [2.45, 2.75) is 35.3 Å². The van der Waals surface area contributed by atoms with E-state index in [1.54, 1.807) is 24.3 Å². The van der Waals surface area contributed by atoms with E-state index in [0.29, 0.717) is 5.56 Å². The van der Waals surface area contributed by atoms with Crippen molar-refractivity contribution in [3.63, 3.8) is 0 Å². The van der Waals surface area contributed by atoms with E-state index in [1.165, 1.54) is 19.2 Å². The Morgan fingerprint density at radius 1 is 0.946 bits per heavy atom. The van der Waals surface area contributed by atoms with Crippen molar-refractivity contribution in [2.24, 2.45) is 0 Å². The minimum atomic E-state index is -4.03. The molecule has 0 aromatic heterocycles. The molecule has 3 aromatic rings. The summed E-state index contributed by atoms with van der Waals surface area (Å²) in [5, 5.41) is -0.372. The molecule has 1 aliphatic rings. The highest BCUT2D eigenvalue weighted by molar-refractivity contribution is 7.89. The molecular weight excluding hydrogens is 531 g/mol. The summed E-state index contributed by atoms with van der Waals surface area (Å²) in [7, 11) is -6.69. The van der Waals surface area contributed by atoms with Crippen LogP contribution in [0.15, 0.2) is 83.8 Å². The number of thiol groups is 1. The van der Waals surface area contributed by atoms with E-state index in [2.05, 4.69) is 18.1 Å². The standard InChI is InChI=1S/C26H29N3O5S3/c1-19-8-10-20(11-9-19)18-36(31,32)28(2)27-26(30)25-16-23(35)17-29(25)37(33,34)24-14-12-22(13-15-24)21-6-4-3-5-7-21/h3-15,23,25,35H,16-18H2,1-2H3,(H,27,30)/t23-,25+/m1/s1. The number of nitrogens with zero attached hydrogens (tertiary/aromatic N) is 2. The number of amides is 1. The van der Waals surface area contributed by atoms with E-state index in [0.717, 1.165) is 25.4 Å². The van der Waals surface area contributed by atoms with Crippen LogP contribution in [0.25, 0.3) is 11.1 Å². The SMILES string of the molecule is Cc1ccc(CS(=O)(=O)N(C)NC(=O)[C@@H]2C[C@@H](S)CN2S(=O)(=O)c2ccc(-c3ccccc3)cc2)cc1. The smallest absolute Gasteiger partial charge is 0.253 e. The maximum atomic E-state index is 13.5. The average molecular weight is 560 g/mol. The number of nitrogens with one attached hydrogen (secondary N) is 1. The molecular formula is C26H29N3O5S3. The molecule has 1 amide bonds. The zero-order valence-electron chi connectivity index (χ0n) is 20.5. The van der Waals surface area contributed by atoms with Crippen molar-refractivity contribution in [1.29, 1.82) is 0 Å². The Morgan fingerprint density at radius 3 is 2.16 bits per heavy atom. The van der Waals surface area contributed by atoms with Crippen molar-refractivity contribution in [2.75, 3.05) is 13.6 Å². The number of hydrazine groups is 1. The third-order valence-electron chi connectivity index (χ3n) is 6.26. The molecule has 1 N–H and O–H groups in total. The van der Waals surface area contributed by atoms with Crippen molar-refractivity contribution in [3.05, 3.63) is 90.0 Å². The van der Waals surface area contributed by atoms with Gasteiger partial charge in [-0.15, -0.1) is 4.41 Å². The Hall–Kier alpha value is -2.70. The molecule has 0 bridgehead atoms. The fourth-order valence-corrected chi connectivity index (χ4v) is 7.33. The van der Waals surface area contributed by atoms with Gasteiger partial charge in [-0.25, -0.2) is 16.8 Å². The lowest BCUT2D eigenvalue weighted by Crippen LogP contribution is -2.52. The minimum Gasteiger partial charge on any atom is -0.274 e. The predicted octanol–water partition coefficient (Wildman–Crippen LogP) is 3.22. The summed E-state index contributed by atoms with van der Waals surface area (Å²) in [6.45, 7) is 1.93. The molecule has 1 fully saturated rings. The lowest BCUT2D eigenvalue weighted by atomic mass is 10.1. The van der Waals surface area contributed by atoms with Crippen molar-refractivity contribution in [3.8, 4) is 11.1 Å². The van der Waals surface area contributed by atoms with Gasteiger partial charge < -0.3 is 0 Å². The molecule has 37 heavy (non-hydrogen) atoms. The van der Waals surface area contributed by atoms with Gasteiger partial charge >= 0.3 is 0 Å². The molecule has 1 heterocycles. The molecule has 0 radical (unpaired) electrons. The quantitative estimate of drug-likeness (QED) is 0.326. The van der Waals surface area contributed by atoms with Crippen molar-refractivity contribution >= 4 is 38.6 Å². The number of benzene rings is 3. The summed E-state index contributed by atoms with van der Waals surface area (Å²) in [5.41, 5.74) is 5.76. The second kappa shape index (κ2) is 11.0. The minimum absolute atomic E-state index is 0.0315. The van der Waals surface area contributed by atoms with Crippen LogP contribution in [0.3, 0.4) is 0 Å². The Morgan fingerprint density at radius 2 is 1.54 bits per heavy atom. The highest BCUT2D eigenvalue weighted by Gasteiger charge is 2.43. The summed E-state index contributed by atoms with van der Waals surface area (Å²) in [6.07, 6.45) is 0.155. The van der Waals surface area contributed by atoms with Gasteiger partial charge in [-0.1, -0.05) is 72.3 Å². The molecule has 4 rings (SSSR count). The maximum absolute atomic E-state index is 13.5. The molecule has 3 aromatic carbocycles. The van der Waals surface area contributed by atoms with Crippen molar-refractivity contribution < 1.29 is 21.6 Å². The number of carbonyl (C=O) groups excluding carboxylic acids is 1. The van der Waals surface area contributed by atoms with Crippen LogP contribution in [-0.2, 0) is 30.6 Å². The first-order valence-corrected chi connectivity index (χ1v) is 15.2. The van der Waals surface area contributed by atoms with E-state index >= 15 is 0 Å². The lowest BCUT2D eigenvalue weighted by molar-refractivity contribution is -0.126. The van der Waals surface area contributed by atoms with Gasteiger partial charge in [0.15, 0.2) is 0 Å². The Labute approximate surface area is 223 Å². The van der Waals surface area contributed by atoms with Gasteiger partial charge in [0, 0.05) is 18.8 Å². The van der Waals surface area contributed by atoms with Gasteiger partial charge in [-0.3, -0.25) is 10.2 Å². The summed E-state index contributed by atoms with van der Waals surface area (Å²) in [4.78, 5) is 13.2. The molecule has 0 unspecified atom stereocenters. The number of carbonyl (C=O) groups is 1. The van der Waals surface area contributed by atoms with E-state index < -0.39 is 32.0 Å². The number of hydrogen-bond donors (Lipinski definition) is 2. The van der Waals surface area contributed by atoms with Crippen LogP contribution in [0.4, 0.5) is 0 Å². The molecule has 1 saturated heterocycles. The molecule has 1 aliphatic heterocycles. The van der Waals surface area contributed by atoms with Crippen LogP contribution in [0.2, 0.25) is 0 Å². The Bertz CT molecular complexity index is 1460. The fraction of sp³-hybridized carbons (Fsp3) is 0.269. The topological polar surface area (TPSA) is 104 Å². The molecule has 0 saturated carbocycles. The summed E-state index contributed by atoms with van der Waals surface area (Å²) in [5.74, 6) is -1.03. The number of rotatable bonds is 8.